The maximum Gasteiger partial charge on any atom is 0.319 e. The Morgan fingerprint density at radius 3 is 2.58 bits per heavy atom. The maximum absolute atomic E-state index is 12.4. The number of ether oxygens (including phenoxy) is 1. The van der Waals surface area contributed by atoms with Crippen molar-refractivity contribution < 1.29 is 14.5 Å². The van der Waals surface area contributed by atoms with Gasteiger partial charge in [-0.3, -0.25) is 10.1 Å². The molecule has 0 spiro atoms. The van der Waals surface area contributed by atoms with Crippen molar-refractivity contribution in [3.05, 3.63) is 52.6 Å². The van der Waals surface area contributed by atoms with Crippen LogP contribution < -0.4 is 25.6 Å². The Hall–Kier alpha value is -4.15. The lowest BCUT2D eigenvalue weighted by atomic mass is 9.86. The zero-order chi connectivity index (χ0) is 25.7. The van der Waals surface area contributed by atoms with E-state index >= 15 is 0 Å². The van der Waals surface area contributed by atoms with E-state index in [1.165, 1.54) is 25.3 Å². The Labute approximate surface area is 209 Å². The largest absolute Gasteiger partial charge is 0.495 e. The van der Waals surface area contributed by atoms with Gasteiger partial charge in [0.25, 0.3) is 5.69 Å². The molecule has 11 nitrogen and oxygen atoms in total. The first-order chi connectivity index (χ1) is 17.3. The number of amides is 2. The molecule has 2 amide bonds. The Bertz CT molecular complexity index is 1240. The molecule has 0 radical (unpaired) electrons. The Kier molecular flexibility index (Phi) is 7.67. The standard InChI is InChI=1S/C25H31N7O4/c1-31(2)23-19-6-4-5-7-20(19)28-24(30-23)27-17-10-8-16(9-11-17)15-26-25(33)29-21-14-18(32(34)35)12-13-22(21)36-3/h4-7,12-14,16-17H,8-11,15H2,1-3H3,(H2,26,29,33)(H,27,28,30). The molecule has 1 saturated carbocycles. The van der Waals surface area contributed by atoms with Gasteiger partial charge in [0.2, 0.25) is 5.95 Å². The van der Waals surface area contributed by atoms with Gasteiger partial charge in [0.1, 0.15) is 11.6 Å². The fourth-order valence-electron chi connectivity index (χ4n) is 4.47. The van der Waals surface area contributed by atoms with Gasteiger partial charge >= 0.3 is 6.03 Å². The van der Waals surface area contributed by atoms with Crippen molar-refractivity contribution in [1.29, 1.82) is 0 Å². The second kappa shape index (κ2) is 11.1. The first-order valence-corrected chi connectivity index (χ1v) is 11.9. The van der Waals surface area contributed by atoms with Crippen LogP contribution in [0.25, 0.3) is 10.9 Å². The molecule has 0 aliphatic heterocycles. The van der Waals surface area contributed by atoms with Crippen molar-refractivity contribution >= 4 is 40.1 Å². The smallest absolute Gasteiger partial charge is 0.319 e. The number of carbonyl (C=O) groups is 1. The number of nitro groups is 1. The molecule has 1 aliphatic carbocycles. The van der Waals surface area contributed by atoms with Crippen LogP contribution in [0.2, 0.25) is 0 Å². The molecule has 3 N–H and O–H groups in total. The predicted molar refractivity (Wildman–Crippen MR) is 140 cm³/mol. The zero-order valence-corrected chi connectivity index (χ0v) is 20.7. The number of fused-ring (bicyclic) bond motifs is 1. The van der Waals surface area contributed by atoms with Crippen LogP contribution in [0.1, 0.15) is 25.7 Å². The van der Waals surface area contributed by atoms with Crippen LogP contribution in [-0.2, 0) is 0 Å². The molecule has 0 unspecified atom stereocenters. The lowest BCUT2D eigenvalue weighted by Crippen LogP contribution is -2.36. The first-order valence-electron chi connectivity index (χ1n) is 11.9. The number of non-ortho nitro benzene ring substituents is 1. The van der Waals surface area contributed by atoms with Crippen LogP contribution in [0.3, 0.4) is 0 Å². The van der Waals surface area contributed by atoms with E-state index in [0.717, 1.165) is 42.4 Å². The first kappa shape index (κ1) is 25.0. The number of hydrogen-bond acceptors (Lipinski definition) is 8. The van der Waals surface area contributed by atoms with E-state index in [1.807, 2.05) is 43.3 Å². The molecule has 0 atom stereocenters. The number of hydrogen-bond donors (Lipinski definition) is 3. The van der Waals surface area contributed by atoms with Gasteiger partial charge in [-0.1, -0.05) is 12.1 Å². The number of benzene rings is 2. The van der Waals surface area contributed by atoms with Crippen LogP contribution >= 0.6 is 0 Å². The molecular weight excluding hydrogens is 462 g/mol. The van der Waals surface area contributed by atoms with E-state index in [-0.39, 0.29) is 17.4 Å². The van der Waals surface area contributed by atoms with Gasteiger partial charge in [-0.05, 0) is 49.8 Å². The van der Waals surface area contributed by atoms with Gasteiger partial charge in [0.15, 0.2) is 0 Å². The number of para-hydroxylation sites is 1. The van der Waals surface area contributed by atoms with E-state index in [9.17, 15) is 14.9 Å². The van der Waals surface area contributed by atoms with Crippen LogP contribution in [-0.4, -0.2) is 54.7 Å². The zero-order valence-electron chi connectivity index (χ0n) is 20.7. The molecule has 2 aromatic carbocycles. The van der Waals surface area contributed by atoms with Crippen LogP contribution in [0.5, 0.6) is 5.75 Å². The third kappa shape index (κ3) is 5.91. The van der Waals surface area contributed by atoms with E-state index in [4.69, 9.17) is 14.7 Å². The molecule has 190 valence electrons. The third-order valence-corrected chi connectivity index (χ3v) is 6.38. The highest BCUT2D eigenvalue weighted by Crippen LogP contribution is 2.30. The van der Waals surface area contributed by atoms with Crippen molar-refractivity contribution in [2.24, 2.45) is 5.92 Å². The third-order valence-electron chi connectivity index (χ3n) is 6.38. The summed E-state index contributed by atoms with van der Waals surface area (Å²) in [7, 11) is 5.39. The summed E-state index contributed by atoms with van der Waals surface area (Å²) in [5, 5.41) is 21.1. The van der Waals surface area contributed by atoms with E-state index in [1.54, 1.807) is 0 Å². The number of nitro benzene ring substituents is 1. The molecule has 1 aromatic heterocycles. The minimum atomic E-state index is -0.515. The lowest BCUT2D eigenvalue weighted by Gasteiger charge is -2.29. The summed E-state index contributed by atoms with van der Waals surface area (Å²) in [5.41, 5.74) is 1.04. The van der Waals surface area contributed by atoms with Gasteiger partial charge in [-0.2, -0.15) is 4.98 Å². The number of methoxy groups -OCH3 is 1. The van der Waals surface area contributed by atoms with Crippen molar-refractivity contribution in [3.63, 3.8) is 0 Å². The lowest BCUT2D eigenvalue weighted by molar-refractivity contribution is -0.384. The number of carbonyl (C=O) groups excluding carboxylic acids is 1. The van der Waals surface area contributed by atoms with Crippen LogP contribution in [0.4, 0.5) is 27.9 Å². The van der Waals surface area contributed by atoms with Crippen molar-refractivity contribution in [2.45, 2.75) is 31.7 Å². The number of urea groups is 1. The van der Waals surface area contributed by atoms with Crippen molar-refractivity contribution in [3.8, 4) is 5.75 Å². The molecule has 1 fully saturated rings. The summed E-state index contributed by atoms with van der Waals surface area (Å²) in [4.78, 5) is 34.4. The summed E-state index contributed by atoms with van der Waals surface area (Å²) >= 11 is 0. The number of rotatable bonds is 8. The normalized spacial score (nSPS) is 17.3. The maximum atomic E-state index is 12.4. The number of anilines is 3. The average Bonchev–Trinajstić information content (AvgIpc) is 2.87. The molecule has 3 aromatic rings. The predicted octanol–water partition coefficient (Wildman–Crippen LogP) is 4.41. The van der Waals surface area contributed by atoms with Crippen molar-refractivity contribution in [1.82, 2.24) is 15.3 Å². The van der Waals surface area contributed by atoms with Crippen LogP contribution in [0, 0.1) is 16.0 Å². The van der Waals surface area contributed by atoms with Gasteiger partial charge in [-0.15, -0.1) is 0 Å². The number of aromatic nitrogens is 2. The fourth-order valence-corrected chi connectivity index (χ4v) is 4.47. The van der Waals surface area contributed by atoms with Crippen molar-refractivity contribution in [2.75, 3.05) is 43.3 Å². The van der Waals surface area contributed by atoms with E-state index in [2.05, 4.69) is 16.0 Å². The second-order valence-corrected chi connectivity index (χ2v) is 9.12. The molecule has 11 heteroatoms. The SMILES string of the molecule is COc1ccc([N+](=O)[O-])cc1NC(=O)NCC1CCC(Nc2nc(N(C)C)c3ccccc3n2)CC1. The fraction of sp³-hybridized carbons (Fsp3) is 0.400. The average molecular weight is 494 g/mol. The minimum Gasteiger partial charge on any atom is -0.495 e. The molecular formula is C25H31N7O4. The van der Waals surface area contributed by atoms with Gasteiger partial charge in [-0.25, -0.2) is 9.78 Å². The summed E-state index contributed by atoms with van der Waals surface area (Å²) in [6.07, 6.45) is 3.79. The highest BCUT2D eigenvalue weighted by molar-refractivity contribution is 5.91. The Morgan fingerprint density at radius 1 is 1.14 bits per heavy atom. The van der Waals surface area contributed by atoms with E-state index in [0.29, 0.717) is 24.2 Å². The molecule has 1 aliphatic rings. The quantitative estimate of drug-likeness (QED) is 0.310. The molecule has 1 heterocycles. The van der Waals surface area contributed by atoms with Gasteiger partial charge in [0, 0.05) is 44.2 Å². The number of nitrogens with zero attached hydrogens (tertiary/aromatic N) is 4. The molecule has 4 rings (SSSR count). The molecule has 0 saturated heterocycles. The molecule has 0 bridgehead atoms. The highest BCUT2D eigenvalue weighted by atomic mass is 16.6. The topological polar surface area (TPSA) is 135 Å². The number of nitrogens with one attached hydrogen (secondary N) is 3. The molecule has 36 heavy (non-hydrogen) atoms. The van der Waals surface area contributed by atoms with Gasteiger partial charge < -0.3 is 25.6 Å². The Balaban J connectivity index is 1.29. The summed E-state index contributed by atoms with van der Waals surface area (Å²) < 4.78 is 5.20. The summed E-state index contributed by atoms with van der Waals surface area (Å²) in [6, 6.07) is 11.9. The van der Waals surface area contributed by atoms with Gasteiger partial charge in [0.05, 0.1) is 23.2 Å². The van der Waals surface area contributed by atoms with Crippen LogP contribution in [0.15, 0.2) is 42.5 Å². The second-order valence-electron chi connectivity index (χ2n) is 9.12. The van der Waals surface area contributed by atoms with E-state index < -0.39 is 11.0 Å². The summed E-state index contributed by atoms with van der Waals surface area (Å²) in [5.74, 6) is 2.21. The summed E-state index contributed by atoms with van der Waals surface area (Å²) in [6.45, 7) is 0.521. The monoisotopic (exact) mass is 493 g/mol. The Morgan fingerprint density at radius 2 is 1.89 bits per heavy atom. The minimum absolute atomic E-state index is 0.120. The highest BCUT2D eigenvalue weighted by Gasteiger charge is 2.23.